The molecule has 0 radical (unpaired) electrons. The Labute approximate surface area is 210 Å². The lowest BCUT2D eigenvalue weighted by Gasteiger charge is -2.42. The van der Waals surface area contributed by atoms with Gasteiger partial charge in [0.05, 0.1) is 30.2 Å². The number of hydrogen-bond donors (Lipinski definition) is 0. The van der Waals surface area contributed by atoms with Crippen molar-refractivity contribution in [1.82, 2.24) is 9.88 Å². The van der Waals surface area contributed by atoms with Gasteiger partial charge in [-0.1, -0.05) is 13.8 Å². The van der Waals surface area contributed by atoms with Gasteiger partial charge in [-0.2, -0.15) is 5.26 Å². The third kappa shape index (κ3) is 4.70. The van der Waals surface area contributed by atoms with Crippen LogP contribution >= 0.6 is 0 Å². The quantitative estimate of drug-likeness (QED) is 0.560. The van der Waals surface area contributed by atoms with Crippen molar-refractivity contribution in [2.75, 3.05) is 38.3 Å². The zero-order valence-electron chi connectivity index (χ0n) is 22.0. The number of nitrogens with zero attached hydrogens (tertiary/aromatic N) is 4. The molecule has 1 unspecified atom stereocenters. The van der Waals surface area contributed by atoms with E-state index in [0.717, 1.165) is 42.7 Å². The molecule has 2 aliphatic heterocycles. The standard InChI is InChI=1S/C27H39BN4O3/c1-26(2)17-28(35-27(26,3)4)21-14-20(15-29)25(30-24(21)19-8-9-19)31-11-12-32(23(33)10-13-34-5)22(16-31)18-6-7-18/h14,18-19,22H,6-13,16-17H2,1-5H3. The van der Waals surface area contributed by atoms with Crippen molar-refractivity contribution in [3.05, 3.63) is 17.3 Å². The summed E-state index contributed by atoms with van der Waals surface area (Å²) in [5.41, 5.74) is 2.68. The van der Waals surface area contributed by atoms with E-state index < -0.39 is 0 Å². The van der Waals surface area contributed by atoms with Crippen molar-refractivity contribution in [3.8, 4) is 6.07 Å². The number of piperazine rings is 1. The van der Waals surface area contributed by atoms with Gasteiger partial charge in [0, 0.05) is 38.4 Å². The first-order valence-electron chi connectivity index (χ1n) is 13.3. The van der Waals surface area contributed by atoms with Crippen LogP contribution in [0.1, 0.15) is 77.0 Å². The number of aromatic nitrogens is 1. The van der Waals surface area contributed by atoms with Crippen LogP contribution in [0.2, 0.25) is 6.32 Å². The first-order valence-corrected chi connectivity index (χ1v) is 13.3. The largest absolute Gasteiger partial charge is 0.425 e. The Morgan fingerprint density at radius 1 is 1.26 bits per heavy atom. The maximum absolute atomic E-state index is 12.9. The molecule has 1 atom stereocenters. The van der Waals surface area contributed by atoms with E-state index in [9.17, 15) is 10.1 Å². The first kappa shape index (κ1) is 24.6. The van der Waals surface area contributed by atoms with Crippen molar-refractivity contribution in [2.24, 2.45) is 11.3 Å². The van der Waals surface area contributed by atoms with Gasteiger partial charge in [-0.15, -0.1) is 0 Å². The Morgan fingerprint density at radius 3 is 2.57 bits per heavy atom. The first-order chi connectivity index (χ1) is 16.6. The number of hydrogen-bond acceptors (Lipinski definition) is 6. The van der Waals surface area contributed by atoms with Crippen LogP contribution in [-0.4, -0.2) is 67.7 Å². The summed E-state index contributed by atoms with van der Waals surface area (Å²) in [5.74, 6) is 1.98. The highest BCUT2D eigenvalue weighted by molar-refractivity contribution is 6.68. The molecule has 3 heterocycles. The maximum atomic E-state index is 12.9. The number of anilines is 1. The van der Waals surface area contributed by atoms with Crippen molar-refractivity contribution in [1.29, 1.82) is 5.26 Å². The molecule has 1 amide bonds. The fourth-order valence-electron chi connectivity index (χ4n) is 5.77. The summed E-state index contributed by atoms with van der Waals surface area (Å²) in [6.45, 7) is 11.4. The molecule has 0 spiro atoms. The van der Waals surface area contributed by atoms with E-state index >= 15 is 0 Å². The van der Waals surface area contributed by atoms with Crippen molar-refractivity contribution in [3.63, 3.8) is 0 Å². The predicted octanol–water partition coefficient (Wildman–Crippen LogP) is 3.33. The Bertz CT molecular complexity index is 1010. The van der Waals surface area contributed by atoms with Crippen molar-refractivity contribution >= 4 is 24.1 Å². The van der Waals surface area contributed by atoms with Crippen LogP contribution in [0.4, 0.5) is 5.82 Å². The molecule has 0 N–H and O–H groups in total. The fraction of sp³-hybridized carbons (Fsp3) is 0.741. The molecule has 4 fully saturated rings. The topological polar surface area (TPSA) is 78.7 Å². The van der Waals surface area contributed by atoms with Gasteiger partial charge in [-0.05, 0) is 68.7 Å². The summed E-state index contributed by atoms with van der Waals surface area (Å²) in [4.78, 5) is 22.4. The second-order valence-electron chi connectivity index (χ2n) is 12.1. The summed E-state index contributed by atoms with van der Waals surface area (Å²) < 4.78 is 11.7. The Morgan fingerprint density at radius 2 is 2.00 bits per heavy atom. The molecule has 1 aromatic rings. The molecule has 0 bridgehead atoms. The summed E-state index contributed by atoms with van der Waals surface area (Å²) >= 11 is 0. The highest BCUT2D eigenvalue weighted by Crippen LogP contribution is 2.47. The molecule has 4 aliphatic rings. The van der Waals surface area contributed by atoms with E-state index in [2.05, 4.69) is 49.6 Å². The molecule has 35 heavy (non-hydrogen) atoms. The monoisotopic (exact) mass is 478 g/mol. The number of pyridine rings is 1. The van der Waals surface area contributed by atoms with E-state index in [1.807, 2.05) is 0 Å². The van der Waals surface area contributed by atoms with E-state index in [0.29, 0.717) is 43.5 Å². The van der Waals surface area contributed by atoms with Crippen LogP contribution in [0.3, 0.4) is 0 Å². The van der Waals surface area contributed by atoms with Crippen LogP contribution in [-0.2, 0) is 14.2 Å². The van der Waals surface area contributed by atoms with Gasteiger partial charge in [0.15, 0.2) is 0 Å². The maximum Gasteiger partial charge on any atom is 0.329 e. The molecule has 1 aromatic heterocycles. The van der Waals surface area contributed by atoms with Gasteiger partial charge >= 0.3 is 6.92 Å². The molecule has 8 heteroatoms. The smallest absolute Gasteiger partial charge is 0.329 e. The van der Waals surface area contributed by atoms with Gasteiger partial charge in [-0.25, -0.2) is 4.98 Å². The minimum absolute atomic E-state index is 0.0290. The lowest BCUT2D eigenvalue weighted by atomic mass is 9.53. The Hall–Kier alpha value is -2.11. The van der Waals surface area contributed by atoms with Crippen LogP contribution < -0.4 is 10.4 Å². The number of rotatable bonds is 7. The highest BCUT2D eigenvalue weighted by atomic mass is 16.5. The Balaban J connectivity index is 1.43. The van der Waals surface area contributed by atoms with Gasteiger partial charge in [0.25, 0.3) is 0 Å². The third-order valence-corrected chi connectivity index (χ3v) is 8.98. The predicted molar refractivity (Wildman–Crippen MR) is 137 cm³/mol. The lowest BCUT2D eigenvalue weighted by molar-refractivity contribution is -0.135. The van der Waals surface area contributed by atoms with Crippen LogP contribution in [0, 0.1) is 22.7 Å². The fourth-order valence-corrected chi connectivity index (χ4v) is 5.77. The number of methoxy groups -OCH3 is 1. The minimum Gasteiger partial charge on any atom is -0.425 e. The number of carbonyl (C=O) groups is 1. The summed E-state index contributed by atoms with van der Waals surface area (Å²) in [7, 11) is 1.64. The Kier molecular flexibility index (Phi) is 6.38. The number of carbonyl (C=O) groups excluding carboxylic acids is 1. The van der Waals surface area contributed by atoms with E-state index in [4.69, 9.17) is 14.4 Å². The van der Waals surface area contributed by atoms with E-state index in [-0.39, 0.29) is 29.9 Å². The highest BCUT2D eigenvalue weighted by Gasteiger charge is 2.51. The lowest BCUT2D eigenvalue weighted by Crippen LogP contribution is -2.56. The van der Waals surface area contributed by atoms with Crippen LogP contribution in [0.5, 0.6) is 0 Å². The number of ether oxygens (including phenoxy) is 1. The molecule has 7 nitrogen and oxygen atoms in total. The zero-order chi connectivity index (χ0) is 25.0. The molecule has 5 rings (SSSR count). The number of nitriles is 1. The molecule has 2 saturated carbocycles. The second kappa shape index (κ2) is 9.08. The van der Waals surface area contributed by atoms with Gasteiger partial charge < -0.3 is 19.2 Å². The number of amides is 1. The molecule has 188 valence electrons. The normalized spacial score (nSPS) is 25.6. The summed E-state index contributed by atoms with van der Waals surface area (Å²) in [5, 5.41) is 10.2. The molecule has 2 saturated heterocycles. The van der Waals surface area contributed by atoms with Crippen molar-refractivity contribution < 1.29 is 14.2 Å². The average Bonchev–Trinajstić information content (AvgIpc) is 3.74. The molecule has 0 aromatic carbocycles. The molecular formula is C27H39BN4O3. The van der Waals surface area contributed by atoms with Crippen LogP contribution in [0.25, 0.3) is 0 Å². The van der Waals surface area contributed by atoms with Gasteiger partial charge in [0.2, 0.25) is 5.91 Å². The zero-order valence-corrected chi connectivity index (χ0v) is 22.0. The van der Waals surface area contributed by atoms with E-state index in [1.54, 1.807) is 7.11 Å². The second-order valence-corrected chi connectivity index (χ2v) is 12.1. The SMILES string of the molecule is COCCC(=O)N1CCN(c2nc(C3CC3)c(B3CC(C)(C)C(C)(C)O3)cc2C#N)CC1C1CC1. The average molecular weight is 478 g/mol. The summed E-state index contributed by atoms with van der Waals surface area (Å²) in [6, 6.07) is 4.70. The van der Waals surface area contributed by atoms with Crippen LogP contribution in [0.15, 0.2) is 6.07 Å². The van der Waals surface area contributed by atoms with Crippen molar-refractivity contribution in [2.45, 2.75) is 83.7 Å². The summed E-state index contributed by atoms with van der Waals surface area (Å²) in [6.07, 6.45) is 5.99. The molecule has 2 aliphatic carbocycles. The van der Waals surface area contributed by atoms with E-state index in [1.165, 1.54) is 12.8 Å². The minimum atomic E-state index is -0.229. The third-order valence-electron chi connectivity index (χ3n) is 8.98. The molecular weight excluding hydrogens is 439 g/mol. The van der Waals surface area contributed by atoms with Gasteiger partial charge in [0.1, 0.15) is 11.9 Å². The van der Waals surface area contributed by atoms with Gasteiger partial charge in [-0.3, -0.25) is 4.79 Å².